The SMILES string of the molecule is Cn1ccnc1CCS(=O)(=O)c1cccc(F)c1. The Morgan fingerprint density at radius 3 is 2.78 bits per heavy atom. The van der Waals surface area contributed by atoms with Crippen molar-refractivity contribution in [3.05, 3.63) is 48.3 Å². The molecule has 0 unspecified atom stereocenters. The molecule has 0 radical (unpaired) electrons. The van der Waals surface area contributed by atoms with E-state index in [4.69, 9.17) is 0 Å². The number of sulfone groups is 1. The van der Waals surface area contributed by atoms with Gasteiger partial charge in [0.1, 0.15) is 11.6 Å². The zero-order chi connectivity index (χ0) is 13.2. The first-order valence-corrected chi connectivity index (χ1v) is 7.09. The monoisotopic (exact) mass is 268 g/mol. The van der Waals surface area contributed by atoms with E-state index in [1.807, 2.05) is 0 Å². The summed E-state index contributed by atoms with van der Waals surface area (Å²) in [5.74, 6) is 0.0597. The molecule has 6 heteroatoms. The van der Waals surface area contributed by atoms with Crippen LogP contribution in [0.2, 0.25) is 0 Å². The lowest BCUT2D eigenvalue weighted by atomic mass is 10.4. The lowest BCUT2D eigenvalue weighted by Crippen LogP contribution is -2.11. The van der Waals surface area contributed by atoms with Crippen molar-refractivity contribution in [3.8, 4) is 0 Å². The first-order chi connectivity index (χ1) is 8.49. The van der Waals surface area contributed by atoms with Gasteiger partial charge in [-0.1, -0.05) is 6.07 Å². The summed E-state index contributed by atoms with van der Waals surface area (Å²) in [6, 6.07) is 5.05. The molecule has 0 spiro atoms. The van der Waals surface area contributed by atoms with Crippen LogP contribution < -0.4 is 0 Å². The predicted octanol–water partition coefficient (Wildman–Crippen LogP) is 1.58. The van der Waals surface area contributed by atoms with E-state index >= 15 is 0 Å². The zero-order valence-corrected chi connectivity index (χ0v) is 10.7. The third-order valence-electron chi connectivity index (χ3n) is 2.67. The first kappa shape index (κ1) is 12.8. The lowest BCUT2D eigenvalue weighted by molar-refractivity contribution is 0.589. The summed E-state index contributed by atoms with van der Waals surface area (Å²) in [6.07, 6.45) is 3.68. The van der Waals surface area contributed by atoms with Crippen molar-refractivity contribution in [2.75, 3.05) is 5.75 Å². The average Bonchev–Trinajstić information content (AvgIpc) is 2.72. The molecule has 0 N–H and O–H groups in total. The van der Waals surface area contributed by atoms with Gasteiger partial charge in [0, 0.05) is 25.9 Å². The molecule has 1 aromatic carbocycles. The Labute approximate surface area is 105 Å². The number of halogens is 1. The molecule has 0 bridgehead atoms. The maximum absolute atomic E-state index is 13.0. The first-order valence-electron chi connectivity index (χ1n) is 5.43. The lowest BCUT2D eigenvalue weighted by Gasteiger charge is -2.04. The second kappa shape index (κ2) is 4.89. The van der Waals surface area contributed by atoms with Gasteiger partial charge in [-0.2, -0.15) is 0 Å². The molecule has 0 aliphatic carbocycles. The third-order valence-corrected chi connectivity index (χ3v) is 4.38. The largest absolute Gasteiger partial charge is 0.338 e. The molecule has 0 fully saturated rings. The van der Waals surface area contributed by atoms with Gasteiger partial charge in [0.05, 0.1) is 10.6 Å². The molecule has 4 nitrogen and oxygen atoms in total. The van der Waals surface area contributed by atoms with E-state index in [1.165, 1.54) is 18.2 Å². The van der Waals surface area contributed by atoms with E-state index in [0.29, 0.717) is 12.2 Å². The number of imidazole rings is 1. The summed E-state index contributed by atoms with van der Waals surface area (Å²) < 4.78 is 38.7. The summed E-state index contributed by atoms with van der Waals surface area (Å²) in [4.78, 5) is 4.07. The smallest absolute Gasteiger partial charge is 0.178 e. The summed E-state index contributed by atoms with van der Waals surface area (Å²) >= 11 is 0. The molecule has 0 saturated heterocycles. The minimum Gasteiger partial charge on any atom is -0.338 e. The fourth-order valence-electron chi connectivity index (χ4n) is 1.64. The van der Waals surface area contributed by atoms with Crippen molar-refractivity contribution in [2.24, 2.45) is 7.05 Å². The predicted molar refractivity (Wildman–Crippen MR) is 65.4 cm³/mol. The molecule has 0 amide bonds. The van der Waals surface area contributed by atoms with Gasteiger partial charge in [-0.05, 0) is 18.2 Å². The van der Waals surface area contributed by atoms with Crippen molar-refractivity contribution in [3.63, 3.8) is 0 Å². The van der Waals surface area contributed by atoms with Crippen LogP contribution in [0.25, 0.3) is 0 Å². The molecule has 0 saturated carbocycles. The van der Waals surface area contributed by atoms with Crippen LogP contribution in [0.3, 0.4) is 0 Å². The highest BCUT2D eigenvalue weighted by atomic mass is 32.2. The van der Waals surface area contributed by atoms with Crippen LogP contribution in [-0.4, -0.2) is 23.7 Å². The molecule has 0 aliphatic rings. The van der Waals surface area contributed by atoms with Crippen LogP contribution >= 0.6 is 0 Å². The Balaban J connectivity index is 2.16. The van der Waals surface area contributed by atoms with Crippen molar-refractivity contribution < 1.29 is 12.8 Å². The Morgan fingerprint density at radius 1 is 1.39 bits per heavy atom. The van der Waals surface area contributed by atoms with Crippen LogP contribution in [-0.2, 0) is 23.3 Å². The Kier molecular flexibility index (Phi) is 3.47. The van der Waals surface area contributed by atoms with Gasteiger partial charge in [0.2, 0.25) is 0 Å². The third kappa shape index (κ3) is 2.76. The van der Waals surface area contributed by atoms with Gasteiger partial charge >= 0.3 is 0 Å². The van der Waals surface area contributed by atoms with Crippen LogP contribution in [0.1, 0.15) is 5.82 Å². The van der Waals surface area contributed by atoms with Gasteiger partial charge in [0.15, 0.2) is 9.84 Å². The van der Waals surface area contributed by atoms with Crippen molar-refractivity contribution in [2.45, 2.75) is 11.3 Å². The molecule has 0 atom stereocenters. The number of benzene rings is 1. The summed E-state index contributed by atoms with van der Waals surface area (Å²) in [7, 11) is -1.67. The molecular formula is C12H13FN2O2S. The van der Waals surface area contributed by atoms with E-state index in [1.54, 1.807) is 24.0 Å². The number of aryl methyl sites for hydroxylation is 2. The molecule has 2 rings (SSSR count). The average molecular weight is 268 g/mol. The molecule has 1 aromatic heterocycles. The highest BCUT2D eigenvalue weighted by Crippen LogP contribution is 2.13. The van der Waals surface area contributed by atoms with Crippen LogP contribution in [0.15, 0.2) is 41.6 Å². The number of rotatable bonds is 4. The summed E-state index contributed by atoms with van der Waals surface area (Å²) in [5, 5.41) is 0. The van der Waals surface area contributed by atoms with Gasteiger partial charge in [-0.3, -0.25) is 0 Å². The van der Waals surface area contributed by atoms with Gasteiger partial charge in [-0.15, -0.1) is 0 Å². The van der Waals surface area contributed by atoms with Crippen molar-refractivity contribution in [1.82, 2.24) is 9.55 Å². The molecule has 0 aliphatic heterocycles. The molecular weight excluding hydrogens is 255 g/mol. The van der Waals surface area contributed by atoms with Crippen LogP contribution in [0, 0.1) is 5.82 Å². The fraction of sp³-hybridized carbons (Fsp3) is 0.250. The van der Waals surface area contributed by atoms with Gasteiger partial charge < -0.3 is 4.57 Å². The van der Waals surface area contributed by atoms with E-state index in [0.717, 1.165) is 6.07 Å². The van der Waals surface area contributed by atoms with E-state index in [9.17, 15) is 12.8 Å². The van der Waals surface area contributed by atoms with Crippen LogP contribution in [0.5, 0.6) is 0 Å². The molecule has 2 aromatic rings. The van der Waals surface area contributed by atoms with Crippen LogP contribution in [0.4, 0.5) is 4.39 Å². The Hall–Kier alpha value is -1.69. The number of nitrogens with zero attached hydrogens (tertiary/aromatic N) is 2. The van der Waals surface area contributed by atoms with Crippen molar-refractivity contribution in [1.29, 1.82) is 0 Å². The topological polar surface area (TPSA) is 52.0 Å². The van der Waals surface area contributed by atoms with E-state index in [2.05, 4.69) is 4.98 Å². The maximum Gasteiger partial charge on any atom is 0.178 e. The van der Waals surface area contributed by atoms with Crippen molar-refractivity contribution >= 4 is 9.84 Å². The highest BCUT2D eigenvalue weighted by molar-refractivity contribution is 7.91. The molecule has 18 heavy (non-hydrogen) atoms. The fourth-order valence-corrected chi connectivity index (χ4v) is 2.91. The highest BCUT2D eigenvalue weighted by Gasteiger charge is 2.16. The van der Waals surface area contributed by atoms with E-state index < -0.39 is 15.7 Å². The van der Waals surface area contributed by atoms with Gasteiger partial charge in [0.25, 0.3) is 0 Å². The normalized spacial score (nSPS) is 11.7. The molecule has 96 valence electrons. The second-order valence-electron chi connectivity index (χ2n) is 3.98. The summed E-state index contributed by atoms with van der Waals surface area (Å²) in [6.45, 7) is 0. The maximum atomic E-state index is 13.0. The number of hydrogen-bond donors (Lipinski definition) is 0. The summed E-state index contributed by atoms with van der Waals surface area (Å²) in [5.41, 5.74) is 0. The Morgan fingerprint density at radius 2 is 2.17 bits per heavy atom. The van der Waals surface area contributed by atoms with E-state index in [-0.39, 0.29) is 10.6 Å². The standard InChI is InChI=1S/C12H13FN2O2S/c1-15-7-6-14-12(15)5-8-18(16,17)11-4-2-3-10(13)9-11/h2-4,6-7,9H,5,8H2,1H3. The second-order valence-corrected chi connectivity index (χ2v) is 6.09. The Bertz CT molecular complexity index is 650. The number of aromatic nitrogens is 2. The minimum atomic E-state index is -3.47. The molecule has 1 heterocycles. The quantitative estimate of drug-likeness (QED) is 0.846. The minimum absolute atomic E-state index is 0.0108. The zero-order valence-electron chi connectivity index (χ0n) is 9.88. The van der Waals surface area contributed by atoms with Gasteiger partial charge in [-0.25, -0.2) is 17.8 Å². The number of hydrogen-bond acceptors (Lipinski definition) is 3.